The molecule has 122 valence electrons. The maximum Gasteiger partial charge on any atom is 0.124 e. The summed E-state index contributed by atoms with van der Waals surface area (Å²) in [6, 6.07) is 14.8. The van der Waals surface area contributed by atoms with Gasteiger partial charge in [0.1, 0.15) is 5.75 Å². The fourth-order valence-corrected chi connectivity index (χ4v) is 3.38. The number of hydrogen-bond donors (Lipinski definition) is 1. The van der Waals surface area contributed by atoms with Crippen LogP contribution in [0.15, 0.2) is 42.5 Å². The van der Waals surface area contributed by atoms with Crippen molar-refractivity contribution in [1.82, 2.24) is 10.2 Å². The minimum absolute atomic E-state index is 0.159. The summed E-state index contributed by atoms with van der Waals surface area (Å²) in [4.78, 5) is 2.50. The quantitative estimate of drug-likeness (QED) is 0.926. The van der Waals surface area contributed by atoms with E-state index in [2.05, 4.69) is 41.4 Å². The Morgan fingerprint density at radius 2 is 1.78 bits per heavy atom. The highest BCUT2D eigenvalue weighted by molar-refractivity contribution is 6.30. The van der Waals surface area contributed by atoms with Crippen LogP contribution in [-0.4, -0.2) is 38.2 Å². The first kappa shape index (κ1) is 16.3. The molecule has 0 spiro atoms. The van der Waals surface area contributed by atoms with Crippen molar-refractivity contribution in [2.75, 3.05) is 33.3 Å². The van der Waals surface area contributed by atoms with Crippen LogP contribution in [0.1, 0.15) is 22.7 Å². The average molecular weight is 331 g/mol. The highest BCUT2D eigenvalue weighted by Gasteiger charge is 2.26. The summed E-state index contributed by atoms with van der Waals surface area (Å²) in [5.41, 5.74) is 3.68. The van der Waals surface area contributed by atoms with Gasteiger partial charge in [0.15, 0.2) is 0 Å². The molecule has 3 nitrogen and oxygen atoms in total. The molecule has 1 saturated heterocycles. The second kappa shape index (κ2) is 7.35. The predicted octanol–water partition coefficient (Wildman–Crippen LogP) is 3.65. The highest BCUT2D eigenvalue weighted by atomic mass is 35.5. The lowest BCUT2D eigenvalue weighted by molar-refractivity contribution is 0.195. The molecule has 0 amide bonds. The fourth-order valence-electron chi connectivity index (χ4n) is 3.20. The summed E-state index contributed by atoms with van der Waals surface area (Å²) in [6.45, 7) is 6.14. The van der Waals surface area contributed by atoms with Gasteiger partial charge in [-0.25, -0.2) is 0 Å². The van der Waals surface area contributed by atoms with Gasteiger partial charge in [0.25, 0.3) is 0 Å². The van der Waals surface area contributed by atoms with Crippen molar-refractivity contribution < 1.29 is 4.74 Å². The van der Waals surface area contributed by atoms with Crippen molar-refractivity contribution in [3.05, 3.63) is 64.2 Å². The summed E-state index contributed by atoms with van der Waals surface area (Å²) in [6.07, 6.45) is 0. The first-order valence-corrected chi connectivity index (χ1v) is 8.41. The zero-order valence-electron chi connectivity index (χ0n) is 13.7. The zero-order valence-corrected chi connectivity index (χ0v) is 14.4. The summed E-state index contributed by atoms with van der Waals surface area (Å²) < 4.78 is 5.62. The first-order valence-electron chi connectivity index (χ1n) is 8.04. The minimum Gasteiger partial charge on any atom is -0.496 e. The van der Waals surface area contributed by atoms with Gasteiger partial charge in [-0.15, -0.1) is 0 Å². The average Bonchev–Trinajstić information content (AvgIpc) is 2.58. The van der Waals surface area contributed by atoms with Gasteiger partial charge in [-0.3, -0.25) is 4.90 Å². The number of nitrogens with zero attached hydrogens (tertiary/aromatic N) is 1. The molecule has 0 aromatic heterocycles. The van der Waals surface area contributed by atoms with Gasteiger partial charge in [-0.1, -0.05) is 41.4 Å². The van der Waals surface area contributed by atoms with Gasteiger partial charge in [0.2, 0.25) is 0 Å². The second-order valence-electron chi connectivity index (χ2n) is 5.99. The molecule has 0 bridgehead atoms. The normalized spacial score (nSPS) is 17.0. The van der Waals surface area contributed by atoms with Gasteiger partial charge in [0.05, 0.1) is 13.2 Å². The van der Waals surface area contributed by atoms with Crippen molar-refractivity contribution >= 4 is 11.6 Å². The van der Waals surface area contributed by atoms with E-state index in [-0.39, 0.29) is 6.04 Å². The molecule has 1 atom stereocenters. The van der Waals surface area contributed by atoms with E-state index in [0.717, 1.165) is 42.5 Å². The number of benzene rings is 2. The molecule has 3 rings (SSSR count). The van der Waals surface area contributed by atoms with E-state index in [1.165, 1.54) is 11.1 Å². The van der Waals surface area contributed by atoms with Gasteiger partial charge in [-0.05, 0) is 30.7 Å². The molecule has 0 radical (unpaired) electrons. The molecule has 1 aliphatic heterocycles. The van der Waals surface area contributed by atoms with E-state index >= 15 is 0 Å². The zero-order chi connectivity index (χ0) is 16.2. The van der Waals surface area contributed by atoms with Crippen LogP contribution in [0, 0.1) is 6.92 Å². The van der Waals surface area contributed by atoms with Crippen molar-refractivity contribution in [2.45, 2.75) is 13.0 Å². The minimum atomic E-state index is 0.159. The lowest BCUT2D eigenvalue weighted by atomic mass is 9.95. The van der Waals surface area contributed by atoms with Crippen LogP contribution in [0.4, 0.5) is 0 Å². The number of rotatable bonds is 4. The molecule has 0 aliphatic carbocycles. The van der Waals surface area contributed by atoms with Gasteiger partial charge in [-0.2, -0.15) is 0 Å². The van der Waals surface area contributed by atoms with E-state index in [0.29, 0.717) is 0 Å². The van der Waals surface area contributed by atoms with Crippen LogP contribution >= 0.6 is 11.6 Å². The molecule has 1 heterocycles. The van der Waals surface area contributed by atoms with Crippen molar-refractivity contribution in [2.24, 2.45) is 0 Å². The number of halogens is 1. The van der Waals surface area contributed by atoms with Crippen molar-refractivity contribution in [1.29, 1.82) is 0 Å². The van der Waals surface area contributed by atoms with Gasteiger partial charge >= 0.3 is 0 Å². The number of methoxy groups -OCH3 is 1. The molecule has 1 fully saturated rings. The topological polar surface area (TPSA) is 24.5 Å². The molecule has 1 unspecified atom stereocenters. The summed E-state index contributed by atoms with van der Waals surface area (Å²) in [5, 5.41) is 4.17. The number of ether oxygens (including phenoxy) is 1. The SMILES string of the molecule is COc1ccc(Cl)cc1C(c1ccc(C)cc1)N1CCNCC1. The standard InChI is InChI=1S/C19H23ClN2O/c1-14-3-5-15(6-4-14)19(22-11-9-21-10-12-22)17-13-16(20)7-8-18(17)23-2/h3-8,13,19,21H,9-12H2,1-2H3. The Kier molecular flexibility index (Phi) is 5.21. The van der Waals surface area contributed by atoms with E-state index < -0.39 is 0 Å². The van der Waals surface area contributed by atoms with Crippen LogP contribution in [-0.2, 0) is 0 Å². The third-order valence-corrected chi connectivity index (χ3v) is 4.63. The number of piperazine rings is 1. The maximum absolute atomic E-state index is 6.28. The van der Waals surface area contributed by atoms with Crippen LogP contribution < -0.4 is 10.1 Å². The molecular formula is C19H23ClN2O. The summed E-state index contributed by atoms with van der Waals surface area (Å²) >= 11 is 6.28. The van der Waals surface area contributed by atoms with E-state index in [9.17, 15) is 0 Å². The predicted molar refractivity (Wildman–Crippen MR) is 95.5 cm³/mol. The van der Waals surface area contributed by atoms with Crippen LogP contribution in [0.2, 0.25) is 5.02 Å². The number of aryl methyl sites for hydroxylation is 1. The summed E-state index contributed by atoms with van der Waals surface area (Å²) in [7, 11) is 1.72. The van der Waals surface area contributed by atoms with Crippen LogP contribution in [0.25, 0.3) is 0 Å². The maximum atomic E-state index is 6.28. The molecule has 1 aliphatic rings. The Morgan fingerprint density at radius 3 is 2.43 bits per heavy atom. The molecule has 23 heavy (non-hydrogen) atoms. The fraction of sp³-hybridized carbons (Fsp3) is 0.368. The highest BCUT2D eigenvalue weighted by Crippen LogP contribution is 2.36. The Balaban J connectivity index is 2.07. The van der Waals surface area contributed by atoms with Crippen molar-refractivity contribution in [3.8, 4) is 5.75 Å². The lowest BCUT2D eigenvalue weighted by Gasteiger charge is -2.36. The van der Waals surface area contributed by atoms with Crippen LogP contribution in [0.3, 0.4) is 0 Å². The van der Waals surface area contributed by atoms with E-state index in [1.807, 2.05) is 18.2 Å². The Morgan fingerprint density at radius 1 is 1.09 bits per heavy atom. The first-order chi connectivity index (χ1) is 11.2. The third kappa shape index (κ3) is 3.69. The van der Waals surface area contributed by atoms with Gasteiger partial charge in [0, 0.05) is 36.8 Å². The van der Waals surface area contributed by atoms with E-state index in [1.54, 1.807) is 7.11 Å². The molecule has 0 saturated carbocycles. The second-order valence-corrected chi connectivity index (χ2v) is 6.42. The third-order valence-electron chi connectivity index (χ3n) is 4.40. The molecule has 1 N–H and O–H groups in total. The Labute approximate surface area is 143 Å². The molecule has 4 heteroatoms. The number of nitrogens with one attached hydrogen (secondary N) is 1. The molecule has 2 aromatic rings. The monoisotopic (exact) mass is 330 g/mol. The van der Waals surface area contributed by atoms with E-state index in [4.69, 9.17) is 16.3 Å². The van der Waals surface area contributed by atoms with Crippen LogP contribution in [0.5, 0.6) is 5.75 Å². The number of hydrogen-bond acceptors (Lipinski definition) is 3. The van der Waals surface area contributed by atoms with Crippen molar-refractivity contribution in [3.63, 3.8) is 0 Å². The van der Waals surface area contributed by atoms with Gasteiger partial charge < -0.3 is 10.1 Å². The molecule has 2 aromatic carbocycles. The lowest BCUT2D eigenvalue weighted by Crippen LogP contribution is -2.45. The largest absolute Gasteiger partial charge is 0.496 e. The Bertz CT molecular complexity index is 651. The smallest absolute Gasteiger partial charge is 0.124 e. The summed E-state index contributed by atoms with van der Waals surface area (Å²) in [5.74, 6) is 0.888. The molecular weight excluding hydrogens is 308 g/mol. The Hall–Kier alpha value is -1.55.